The summed E-state index contributed by atoms with van der Waals surface area (Å²) in [6.07, 6.45) is 5.62. The first-order chi connectivity index (χ1) is 11.9. The summed E-state index contributed by atoms with van der Waals surface area (Å²) in [5.74, 6) is 1.22. The minimum Gasteiger partial charge on any atom is -0.415 e. The Morgan fingerprint density at radius 1 is 1.48 bits per heavy atom. The Kier molecular flexibility index (Phi) is 5.08. The van der Waals surface area contributed by atoms with Crippen LogP contribution < -0.4 is 10.4 Å². The number of carbonyl (C=O) groups excluding carboxylic acids is 1. The number of ether oxygens (including phenoxy) is 1. The van der Waals surface area contributed by atoms with Gasteiger partial charge < -0.3 is 9.30 Å². The second-order valence-electron chi connectivity index (χ2n) is 6.31. The van der Waals surface area contributed by atoms with Crippen LogP contribution in [0.3, 0.4) is 0 Å². The molecule has 0 aromatic carbocycles. The van der Waals surface area contributed by atoms with Crippen LogP contribution in [-0.2, 0) is 11.8 Å². The normalized spacial score (nSPS) is 14.7. The van der Waals surface area contributed by atoms with Crippen molar-refractivity contribution in [2.45, 2.75) is 32.6 Å². The zero-order chi connectivity index (χ0) is 18.0. The molecule has 0 saturated heterocycles. The topological polar surface area (TPSA) is 85.2 Å². The highest BCUT2D eigenvalue weighted by Gasteiger charge is 2.25. The standard InChI is InChI=1S/C16H21ClN6O2/c1-10(2)25-16(24)21-23(8-11-6-4-5-7-11)14-12-13(19-15(17)20-14)22(3)9-18-12/h9,11H,1,4-8H2,2-3H3,(H,21,24). The van der Waals surface area contributed by atoms with Crippen molar-refractivity contribution in [3.05, 3.63) is 23.9 Å². The number of amides is 1. The van der Waals surface area contributed by atoms with E-state index in [9.17, 15) is 4.79 Å². The number of anilines is 1. The van der Waals surface area contributed by atoms with E-state index in [0.29, 0.717) is 35.2 Å². The van der Waals surface area contributed by atoms with Gasteiger partial charge in [0.15, 0.2) is 17.0 Å². The summed E-state index contributed by atoms with van der Waals surface area (Å²) < 4.78 is 6.78. The van der Waals surface area contributed by atoms with Crippen molar-refractivity contribution in [3.63, 3.8) is 0 Å². The molecule has 9 heteroatoms. The first-order valence-corrected chi connectivity index (χ1v) is 8.58. The molecule has 0 unspecified atom stereocenters. The van der Waals surface area contributed by atoms with Crippen molar-refractivity contribution in [1.29, 1.82) is 0 Å². The van der Waals surface area contributed by atoms with E-state index in [-0.39, 0.29) is 5.28 Å². The minimum atomic E-state index is -0.621. The number of halogens is 1. The van der Waals surface area contributed by atoms with Gasteiger partial charge in [0.1, 0.15) is 0 Å². The number of allylic oxidation sites excluding steroid dienone is 1. The highest BCUT2D eigenvalue weighted by Crippen LogP contribution is 2.29. The molecule has 2 aromatic heterocycles. The fourth-order valence-corrected chi connectivity index (χ4v) is 3.24. The first kappa shape index (κ1) is 17.5. The van der Waals surface area contributed by atoms with Gasteiger partial charge in [-0.1, -0.05) is 19.4 Å². The van der Waals surface area contributed by atoms with Crippen LogP contribution >= 0.6 is 11.6 Å². The summed E-state index contributed by atoms with van der Waals surface area (Å²) in [7, 11) is 1.83. The molecule has 1 aliphatic rings. The Bertz CT molecular complexity index is 799. The van der Waals surface area contributed by atoms with Crippen LogP contribution in [0, 0.1) is 5.92 Å². The molecular formula is C16H21ClN6O2. The maximum absolute atomic E-state index is 12.1. The molecule has 0 radical (unpaired) electrons. The van der Waals surface area contributed by atoms with E-state index in [0.717, 1.165) is 12.8 Å². The molecule has 134 valence electrons. The third-order valence-electron chi connectivity index (χ3n) is 4.18. The van der Waals surface area contributed by atoms with Crippen molar-refractivity contribution in [2.24, 2.45) is 13.0 Å². The van der Waals surface area contributed by atoms with Crippen LogP contribution in [0.5, 0.6) is 0 Å². The van der Waals surface area contributed by atoms with Crippen molar-refractivity contribution < 1.29 is 9.53 Å². The number of imidazole rings is 1. The van der Waals surface area contributed by atoms with E-state index in [1.54, 1.807) is 22.8 Å². The van der Waals surface area contributed by atoms with E-state index in [4.69, 9.17) is 16.3 Å². The average molecular weight is 365 g/mol. The molecule has 25 heavy (non-hydrogen) atoms. The number of carbonyl (C=O) groups is 1. The van der Waals surface area contributed by atoms with E-state index in [1.807, 2.05) is 7.05 Å². The quantitative estimate of drug-likeness (QED) is 0.498. The molecule has 8 nitrogen and oxygen atoms in total. The number of aryl methyl sites for hydroxylation is 1. The van der Waals surface area contributed by atoms with Gasteiger partial charge in [-0.05, 0) is 37.3 Å². The Hall–Kier alpha value is -2.35. The fraction of sp³-hybridized carbons (Fsp3) is 0.500. The minimum absolute atomic E-state index is 0.0950. The van der Waals surface area contributed by atoms with Crippen LogP contribution in [0.2, 0.25) is 5.28 Å². The van der Waals surface area contributed by atoms with Gasteiger partial charge in [-0.2, -0.15) is 9.97 Å². The van der Waals surface area contributed by atoms with E-state index in [1.165, 1.54) is 12.8 Å². The zero-order valence-corrected chi connectivity index (χ0v) is 15.1. The lowest BCUT2D eigenvalue weighted by molar-refractivity contribution is 0.175. The van der Waals surface area contributed by atoms with Crippen LogP contribution in [0.4, 0.5) is 10.6 Å². The number of nitrogens with one attached hydrogen (secondary N) is 1. The summed E-state index contributed by atoms with van der Waals surface area (Å²) in [5.41, 5.74) is 3.90. The summed E-state index contributed by atoms with van der Waals surface area (Å²) in [6.45, 7) is 5.79. The summed E-state index contributed by atoms with van der Waals surface area (Å²) >= 11 is 6.09. The van der Waals surface area contributed by atoms with Gasteiger partial charge in [-0.3, -0.25) is 5.01 Å². The lowest BCUT2D eigenvalue weighted by Gasteiger charge is -2.26. The maximum Gasteiger partial charge on any atom is 0.431 e. The Morgan fingerprint density at radius 2 is 2.20 bits per heavy atom. The predicted molar refractivity (Wildman–Crippen MR) is 95.0 cm³/mol. The average Bonchev–Trinajstić information content (AvgIpc) is 3.16. The summed E-state index contributed by atoms with van der Waals surface area (Å²) in [4.78, 5) is 25.0. The van der Waals surface area contributed by atoms with Crippen LogP contribution in [0.1, 0.15) is 32.6 Å². The highest BCUT2D eigenvalue weighted by atomic mass is 35.5. The third-order valence-corrected chi connectivity index (χ3v) is 4.35. The Morgan fingerprint density at radius 3 is 2.88 bits per heavy atom. The lowest BCUT2D eigenvalue weighted by atomic mass is 10.1. The number of hydrogen-bond acceptors (Lipinski definition) is 6. The van der Waals surface area contributed by atoms with Gasteiger partial charge in [0, 0.05) is 13.6 Å². The van der Waals surface area contributed by atoms with Crippen molar-refractivity contribution >= 4 is 34.7 Å². The molecule has 2 heterocycles. The number of aromatic nitrogens is 4. The van der Waals surface area contributed by atoms with Gasteiger partial charge >= 0.3 is 6.09 Å². The second-order valence-corrected chi connectivity index (χ2v) is 6.65. The third kappa shape index (κ3) is 4.01. The number of hydrogen-bond donors (Lipinski definition) is 1. The molecule has 0 atom stereocenters. The lowest BCUT2D eigenvalue weighted by Crippen LogP contribution is -2.45. The number of fused-ring (bicyclic) bond motifs is 1. The summed E-state index contributed by atoms with van der Waals surface area (Å²) in [6, 6.07) is 0. The van der Waals surface area contributed by atoms with E-state index >= 15 is 0 Å². The van der Waals surface area contributed by atoms with Gasteiger partial charge in [-0.15, -0.1) is 0 Å². The summed E-state index contributed by atoms with van der Waals surface area (Å²) in [5, 5.41) is 1.75. The molecule has 1 aliphatic carbocycles. The van der Waals surface area contributed by atoms with Crippen LogP contribution in [-0.4, -0.2) is 32.2 Å². The molecule has 3 rings (SSSR count). The predicted octanol–water partition coefficient (Wildman–Crippen LogP) is 3.19. The molecule has 1 N–H and O–H groups in total. The first-order valence-electron chi connectivity index (χ1n) is 8.20. The zero-order valence-electron chi connectivity index (χ0n) is 14.3. The van der Waals surface area contributed by atoms with Gasteiger partial charge in [0.2, 0.25) is 5.28 Å². The molecule has 0 aliphatic heterocycles. The highest BCUT2D eigenvalue weighted by molar-refractivity contribution is 6.28. The van der Waals surface area contributed by atoms with Crippen molar-refractivity contribution in [1.82, 2.24) is 24.9 Å². The smallest absolute Gasteiger partial charge is 0.415 e. The number of rotatable bonds is 5. The molecule has 0 spiro atoms. The molecule has 0 bridgehead atoms. The van der Waals surface area contributed by atoms with Crippen molar-refractivity contribution in [3.8, 4) is 0 Å². The molecular weight excluding hydrogens is 344 g/mol. The van der Waals surface area contributed by atoms with Crippen LogP contribution in [0.25, 0.3) is 11.2 Å². The fourth-order valence-electron chi connectivity index (χ4n) is 3.08. The Balaban J connectivity index is 1.95. The second kappa shape index (κ2) is 7.26. The van der Waals surface area contributed by atoms with Gasteiger partial charge in [0.05, 0.1) is 12.1 Å². The molecule has 1 amide bonds. The molecule has 2 aromatic rings. The number of hydrazine groups is 1. The Labute approximate surface area is 150 Å². The largest absolute Gasteiger partial charge is 0.431 e. The van der Waals surface area contributed by atoms with Gasteiger partial charge in [-0.25, -0.2) is 15.2 Å². The SMILES string of the molecule is C=C(C)OC(=O)NN(CC1CCCC1)c1nc(Cl)nc2c1ncn2C. The monoisotopic (exact) mass is 364 g/mol. The maximum atomic E-state index is 12.1. The van der Waals surface area contributed by atoms with E-state index < -0.39 is 6.09 Å². The van der Waals surface area contributed by atoms with Crippen LogP contribution in [0.15, 0.2) is 18.7 Å². The number of nitrogens with zero attached hydrogens (tertiary/aromatic N) is 5. The van der Waals surface area contributed by atoms with Crippen molar-refractivity contribution in [2.75, 3.05) is 11.6 Å². The molecule has 1 saturated carbocycles. The van der Waals surface area contributed by atoms with E-state index in [2.05, 4.69) is 27.0 Å². The molecule has 1 fully saturated rings. The van der Waals surface area contributed by atoms with Gasteiger partial charge in [0.25, 0.3) is 0 Å².